The summed E-state index contributed by atoms with van der Waals surface area (Å²) in [5.74, 6) is -0.890. The highest BCUT2D eigenvalue weighted by atomic mass is 32.2. The molecule has 0 aliphatic rings. The fourth-order valence-electron chi connectivity index (χ4n) is 1.39. The topological polar surface area (TPSA) is 79.3 Å². The lowest BCUT2D eigenvalue weighted by molar-refractivity contribution is -0.151. The van der Waals surface area contributed by atoms with Gasteiger partial charge in [-0.3, -0.25) is 14.6 Å². The standard InChI is InChI=1S/C14H20N2O3S/c1-13(2,12(18)19)14(3,4)16-11(17)9-20-10-5-7-15-8-6-10/h5-8H,9H2,1-4H3,(H,16,17)(H,18,19). The zero-order valence-electron chi connectivity index (χ0n) is 12.1. The predicted octanol–water partition coefficient (Wildman–Crippen LogP) is 2.18. The smallest absolute Gasteiger partial charge is 0.311 e. The third-order valence-corrected chi connectivity index (χ3v) is 4.58. The van der Waals surface area contributed by atoms with Crippen molar-refractivity contribution in [2.45, 2.75) is 38.1 Å². The number of thioether (sulfide) groups is 1. The van der Waals surface area contributed by atoms with Crippen LogP contribution in [0, 0.1) is 5.41 Å². The van der Waals surface area contributed by atoms with Crippen LogP contribution in [0.5, 0.6) is 0 Å². The molecule has 0 atom stereocenters. The third kappa shape index (κ3) is 3.96. The van der Waals surface area contributed by atoms with E-state index in [1.807, 2.05) is 12.1 Å². The fraction of sp³-hybridized carbons (Fsp3) is 0.500. The summed E-state index contributed by atoms with van der Waals surface area (Å²) in [6.07, 6.45) is 3.33. The van der Waals surface area contributed by atoms with Gasteiger partial charge in [-0.1, -0.05) is 0 Å². The first-order chi connectivity index (χ1) is 9.17. The Kier molecular flexibility index (Phi) is 5.16. The maximum atomic E-state index is 12.0. The normalized spacial score (nSPS) is 12.0. The lowest BCUT2D eigenvalue weighted by Crippen LogP contribution is -2.57. The predicted molar refractivity (Wildman–Crippen MR) is 78.6 cm³/mol. The van der Waals surface area contributed by atoms with Crippen molar-refractivity contribution >= 4 is 23.6 Å². The maximum Gasteiger partial charge on any atom is 0.311 e. The number of nitrogens with zero attached hydrogens (tertiary/aromatic N) is 1. The second kappa shape index (κ2) is 6.26. The van der Waals surface area contributed by atoms with Gasteiger partial charge in [0.25, 0.3) is 0 Å². The van der Waals surface area contributed by atoms with Gasteiger partial charge in [0, 0.05) is 22.8 Å². The molecule has 0 bridgehead atoms. The molecule has 0 aliphatic carbocycles. The molecule has 0 saturated heterocycles. The summed E-state index contributed by atoms with van der Waals surface area (Å²) in [5.41, 5.74) is -1.89. The molecule has 0 spiro atoms. The van der Waals surface area contributed by atoms with Gasteiger partial charge in [-0.2, -0.15) is 0 Å². The van der Waals surface area contributed by atoms with Crippen LogP contribution >= 0.6 is 11.8 Å². The van der Waals surface area contributed by atoms with Crippen molar-refractivity contribution in [3.8, 4) is 0 Å². The first kappa shape index (κ1) is 16.5. The van der Waals surface area contributed by atoms with E-state index in [1.54, 1.807) is 40.1 Å². The van der Waals surface area contributed by atoms with E-state index < -0.39 is 16.9 Å². The molecule has 0 aromatic carbocycles. The second-order valence-electron chi connectivity index (χ2n) is 5.57. The van der Waals surface area contributed by atoms with E-state index in [2.05, 4.69) is 10.3 Å². The molecule has 2 N–H and O–H groups in total. The molecule has 1 rings (SSSR count). The van der Waals surface area contributed by atoms with Gasteiger partial charge in [0.15, 0.2) is 0 Å². The molecule has 0 unspecified atom stereocenters. The van der Waals surface area contributed by atoms with Crippen molar-refractivity contribution in [3.05, 3.63) is 24.5 Å². The Morgan fingerprint density at radius 3 is 2.30 bits per heavy atom. The van der Waals surface area contributed by atoms with Gasteiger partial charge in [0.2, 0.25) is 5.91 Å². The van der Waals surface area contributed by atoms with E-state index in [0.29, 0.717) is 0 Å². The molecule has 6 heteroatoms. The molecule has 1 amide bonds. The number of aliphatic carboxylic acids is 1. The van der Waals surface area contributed by atoms with Gasteiger partial charge in [-0.25, -0.2) is 0 Å². The summed E-state index contributed by atoms with van der Waals surface area (Å²) >= 11 is 1.39. The van der Waals surface area contributed by atoms with Gasteiger partial charge in [0.1, 0.15) is 0 Å². The second-order valence-corrected chi connectivity index (χ2v) is 6.62. The van der Waals surface area contributed by atoms with Crippen LogP contribution in [0.15, 0.2) is 29.4 Å². The highest BCUT2D eigenvalue weighted by molar-refractivity contribution is 8.00. The number of hydrogen-bond donors (Lipinski definition) is 2. The SMILES string of the molecule is CC(C)(NC(=O)CSc1ccncc1)C(C)(C)C(=O)O. The van der Waals surface area contributed by atoms with Crippen LogP contribution in [0.3, 0.4) is 0 Å². The first-order valence-electron chi connectivity index (χ1n) is 6.24. The average Bonchev–Trinajstić information content (AvgIpc) is 2.36. The summed E-state index contributed by atoms with van der Waals surface area (Å²) < 4.78 is 0. The molecule has 20 heavy (non-hydrogen) atoms. The van der Waals surface area contributed by atoms with Crippen molar-refractivity contribution in [2.24, 2.45) is 5.41 Å². The van der Waals surface area contributed by atoms with Gasteiger partial charge in [0.05, 0.1) is 11.2 Å². The quantitative estimate of drug-likeness (QED) is 0.787. The van der Waals surface area contributed by atoms with E-state index in [-0.39, 0.29) is 11.7 Å². The molecule has 110 valence electrons. The molecule has 1 aromatic rings. The number of amides is 1. The molecule has 0 radical (unpaired) electrons. The van der Waals surface area contributed by atoms with Crippen molar-refractivity contribution < 1.29 is 14.7 Å². The van der Waals surface area contributed by atoms with Gasteiger partial charge < -0.3 is 10.4 Å². The number of carbonyl (C=O) groups is 2. The number of nitrogens with one attached hydrogen (secondary N) is 1. The van der Waals surface area contributed by atoms with E-state index >= 15 is 0 Å². The van der Waals surface area contributed by atoms with Crippen LogP contribution in [-0.2, 0) is 9.59 Å². The Morgan fingerprint density at radius 1 is 1.25 bits per heavy atom. The molecule has 1 aromatic heterocycles. The number of carbonyl (C=O) groups excluding carboxylic acids is 1. The van der Waals surface area contributed by atoms with E-state index in [0.717, 1.165) is 4.90 Å². The van der Waals surface area contributed by atoms with Gasteiger partial charge >= 0.3 is 5.97 Å². The Morgan fingerprint density at radius 2 is 1.80 bits per heavy atom. The van der Waals surface area contributed by atoms with Crippen LogP contribution in [0.4, 0.5) is 0 Å². The van der Waals surface area contributed by atoms with Crippen molar-refractivity contribution in [3.63, 3.8) is 0 Å². The highest BCUT2D eigenvalue weighted by Gasteiger charge is 2.44. The van der Waals surface area contributed by atoms with Crippen molar-refractivity contribution in [1.82, 2.24) is 10.3 Å². The Labute approximate surface area is 123 Å². The molecule has 5 nitrogen and oxygen atoms in total. The minimum absolute atomic E-state index is 0.189. The van der Waals surface area contributed by atoms with Crippen LogP contribution in [0.1, 0.15) is 27.7 Å². The van der Waals surface area contributed by atoms with Gasteiger partial charge in [-0.15, -0.1) is 11.8 Å². The average molecular weight is 296 g/mol. The van der Waals surface area contributed by atoms with Crippen LogP contribution in [-0.4, -0.2) is 33.3 Å². The molecule has 1 heterocycles. The zero-order valence-corrected chi connectivity index (χ0v) is 13.0. The summed E-state index contributed by atoms with van der Waals surface area (Å²) in [6, 6.07) is 3.65. The first-order valence-corrected chi connectivity index (χ1v) is 7.22. The number of carboxylic acid groups (broad SMARTS) is 1. The summed E-state index contributed by atoms with van der Waals surface area (Å²) in [7, 11) is 0. The Hall–Kier alpha value is -1.56. The molecule has 0 saturated carbocycles. The zero-order chi connectivity index (χ0) is 15.4. The van der Waals surface area contributed by atoms with Crippen LogP contribution in [0.2, 0.25) is 0 Å². The number of carboxylic acids is 1. The van der Waals surface area contributed by atoms with E-state index in [1.165, 1.54) is 11.8 Å². The minimum atomic E-state index is -1.05. The molecule has 0 fully saturated rings. The summed E-state index contributed by atoms with van der Waals surface area (Å²) in [4.78, 5) is 28.1. The third-order valence-electron chi connectivity index (χ3n) is 3.57. The van der Waals surface area contributed by atoms with Crippen molar-refractivity contribution in [2.75, 3.05) is 5.75 Å². The number of hydrogen-bond acceptors (Lipinski definition) is 4. The van der Waals surface area contributed by atoms with Crippen molar-refractivity contribution in [1.29, 1.82) is 0 Å². The molecular formula is C14H20N2O3S. The fourth-order valence-corrected chi connectivity index (χ4v) is 2.08. The molecular weight excluding hydrogens is 276 g/mol. The Balaban J connectivity index is 2.60. The number of pyridine rings is 1. The highest BCUT2D eigenvalue weighted by Crippen LogP contribution is 2.30. The summed E-state index contributed by atoms with van der Waals surface area (Å²) in [5, 5.41) is 12.0. The van der Waals surface area contributed by atoms with E-state index in [4.69, 9.17) is 0 Å². The number of rotatable bonds is 6. The Bertz CT molecular complexity index is 486. The summed E-state index contributed by atoms with van der Waals surface area (Å²) in [6.45, 7) is 6.64. The molecule has 0 aliphatic heterocycles. The van der Waals surface area contributed by atoms with Gasteiger partial charge in [-0.05, 0) is 39.8 Å². The monoisotopic (exact) mass is 296 g/mol. The van der Waals surface area contributed by atoms with Crippen LogP contribution < -0.4 is 5.32 Å². The number of aromatic nitrogens is 1. The maximum absolute atomic E-state index is 12.0. The minimum Gasteiger partial charge on any atom is -0.481 e. The van der Waals surface area contributed by atoms with Crippen LogP contribution in [0.25, 0.3) is 0 Å². The van der Waals surface area contributed by atoms with E-state index in [9.17, 15) is 14.7 Å². The largest absolute Gasteiger partial charge is 0.481 e. The lowest BCUT2D eigenvalue weighted by Gasteiger charge is -2.38. The lowest BCUT2D eigenvalue weighted by atomic mass is 9.74.